The van der Waals surface area contributed by atoms with Crippen molar-refractivity contribution in [2.45, 2.75) is 19.4 Å². The van der Waals surface area contributed by atoms with Gasteiger partial charge in [0.2, 0.25) is 0 Å². The third-order valence-electron chi connectivity index (χ3n) is 3.38. The molecule has 0 saturated carbocycles. The molecule has 2 rings (SSSR count). The molecule has 90 valence electrons. The van der Waals surface area contributed by atoms with E-state index in [0.29, 0.717) is 22.5 Å². The van der Waals surface area contributed by atoms with Crippen molar-refractivity contribution in [2.24, 2.45) is 11.7 Å². The van der Waals surface area contributed by atoms with E-state index in [1.165, 1.54) is 0 Å². The minimum absolute atomic E-state index is 0.453. The maximum absolute atomic E-state index is 8.81. The Morgan fingerprint density at radius 3 is 2.88 bits per heavy atom. The zero-order valence-electron chi connectivity index (χ0n) is 9.86. The standard InChI is InChI=1S/C13H16ClN3/c1-9-4-11(7-16)8-17(9)13-3-2-10(6-15)5-12(13)14/h2-3,5,9,11H,4,7-8,16H2,1H3. The van der Waals surface area contributed by atoms with Crippen LogP contribution in [0.15, 0.2) is 18.2 Å². The van der Waals surface area contributed by atoms with Gasteiger partial charge in [-0.2, -0.15) is 5.26 Å². The van der Waals surface area contributed by atoms with Crippen LogP contribution in [0, 0.1) is 17.2 Å². The number of halogens is 1. The van der Waals surface area contributed by atoms with Gasteiger partial charge in [0.15, 0.2) is 0 Å². The highest BCUT2D eigenvalue weighted by Gasteiger charge is 2.29. The van der Waals surface area contributed by atoms with Crippen molar-refractivity contribution >= 4 is 17.3 Å². The molecule has 2 atom stereocenters. The summed E-state index contributed by atoms with van der Waals surface area (Å²) in [6, 6.07) is 8.00. The molecule has 17 heavy (non-hydrogen) atoms. The fourth-order valence-electron chi connectivity index (χ4n) is 2.46. The smallest absolute Gasteiger partial charge is 0.0992 e. The Labute approximate surface area is 107 Å². The number of benzene rings is 1. The molecule has 1 aromatic rings. The minimum Gasteiger partial charge on any atom is -0.367 e. The molecule has 0 bridgehead atoms. The van der Waals surface area contributed by atoms with Gasteiger partial charge in [0.05, 0.1) is 22.3 Å². The lowest BCUT2D eigenvalue weighted by Crippen LogP contribution is -2.27. The van der Waals surface area contributed by atoms with Crippen molar-refractivity contribution in [3.8, 4) is 6.07 Å². The van der Waals surface area contributed by atoms with Gasteiger partial charge < -0.3 is 10.6 Å². The predicted octanol–water partition coefficient (Wildman–Crippen LogP) is 2.39. The van der Waals surface area contributed by atoms with Gasteiger partial charge in [-0.25, -0.2) is 0 Å². The lowest BCUT2D eigenvalue weighted by molar-refractivity contribution is 0.579. The summed E-state index contributed by atoms with van der Waals surface area (Å²) in [5.41, 5.74) is 7.32. The summed E-state index contributed by atoms with van der Waals surface area (Å²) >= 11 is 6.22. The number of nitriles is 1. The Hall–Kier alpha value is -1.24. The molecule has 0 spiro atoms. The number of hydrogen-bond donors (Lipinski definition) is 1. The van der Waals surface area contributed by atoms with E-state index in [4.69, 9.17) is 22.6 Å². The molecule has 1 aliphatic rings. The van der Waals surface area contributed by atoms with E-state index in [1.54, 1.807) is 6.07 Å². The Kier molecular flexibility index (Phi) is 3.56. The summed E-state index contributed by atoms with van der Waals surface area (Å²) in [6.07, 6.45) is 1.10. The van der Waals surface area contributed by atoms with Gasteiger partial charge in [-0.05, 0) is 44.0 Å². The predicted molar refractivity (Wildman–Crippen MR) is 70.1 cm³/mol. The van der Waals surface area contributed by atoms with Crippen LogP contribution in [0.2, 0.25) is 5.02 Å². The van der Waals surface area contributed by atoms with Crippen LogP contribution in [0.1, 0.15) is 18.9 Å². The largest absolute Gasteiger partial charge is 0.367 e. The second-order valence-electron chi connectivity index (χ2n) is 4.62. The van der Waals surface area contributed by atoms with Gasteiger partial charge in [0.25, 0.3) is 0 Å². The van der Waals surface area contributed by atoms with Crippen molar-refractivity contribution in [2.75, 3.05) is 18.0 Å². The Morgan fingerprint density at radius 1 is 1.59 bits per heavy atom. The summed E-state index contributed by atoms with van der Waals surface area (Å²) in [6.45, 7) is 3.85. The number of nitrogens with zero attached hydrogens (tertiary/aromatic N) is 2. The van der Waals surface area contributed by atoms with Gasteiger partial charge in [-0.1, -0.05) is 11.6 Å². The maximum Gasteiger partial charge on any atom is 0.0992 e. The molecular formula is C13H16ClN3. The fourth-order valence-corrected chi connectivity index (χ4v) is 2.75. The maximum atomic E-state index is 8.81. The van der Waals surface area contributed by atoms with E-state index in [0.717, 1.165) is 25.2 Å². The average Bonchev–Trinajstić information content (AvgIpc) is 2.70. The van der Waals surface area contributed by atoms with E-state index in [9.17, 15) is 0 Å². The van der Waals surface area contributed by atoms with Gasteiger partial charge >= 0.3 is 0 Å². The summed E-state index contributed by atoms with van der Waals surface area (Å²) in [4.78, 5) is 2.28. The molecule has 0 aliphatic carbocycles. The topological polar surface area (TPSA) is 53.0 Å². The molecule has 0 amide bonds. The number of anilines is 1. The molecule has 2 N–H and O–H groups in total. The first-order valence-corrected chi connectivity index (χ1v) is 6.20. The number of hydrogen-bond acceptors (Lipinski definition) is 3. The molecule has 1 heterocycles. The van der Waals surface area contributed by atoms with Crippen molar-refractivity contribution in [3.05, 3.63) is 28.8 Å². The Morgan fingerprint density at radius 2 is 2.35 bits per heavy atom. The SMILES string of the molecule is CC1CC(CN)CN1c1ccc(C#N)cc1Cl. The Balaban J connectivity index is 2.26. The van der Waals surface area contributed by atoms with Crippen LogP contribution < -0.4 is 10.6 Å². The monoisotopic (exact) mass is 249 g/mol. The van der Waals surface area contributed by atoms with E-state index >= 15 is 0 Å². The zero-order chi connectivity index (χ0) is 12.4. The lowest BCUT2D eigenvalue weighted by Gasteiger charge is -2.25. The highest BCUT2D eigenvalue weighted by molar-refractivity contribution is 6.33. The fraction of sp³-hybridized carbons (Fsp3) is 0.462. The van der Waals surface area contributed by atoms with Crippen LogP contribution in [0.4, 0.5) is 5.69 Å². The highest BCUT2D eigenvalue weighted by Crippen LogP contribution is 2.34. The zero-order valence-corrected chi connectivity index (χ0v) is 10.6. The Bertz CT molecular complexity index is 452. The first-order chi connectivity index (χ1) is 8.15. The summed E-state index contributed by atoms with van der Waals surface area (Å²) in [5, 5.41) is 9.46. The molecule has 1 aromatic carbocycles. The van der Waals surface area contributed by atoms with Crippen LogP contribution in [-0.2, 0) is 0 Å². The first-order valence-electron chi connectivity index (χ1n) is 5.82. The average molecular weight is 250 g/mol. The van der Waals surface area contributed by atoms with E-state index in [1.807, 2.05) is 12.1 Å². The molecule has 2 unspecified atom stereocenters. The van der Waals surface area contributed by atoms with E-state index in [2.05, 4.69) is 17.9 Å². The van der Waals surface area contributed by atoms with Gasteiger partial charge in [0.1, 0.15) is 0 Å². The van der Waals surface area contributed by atoms with Crippen molar-refractivity contribution in [3.63, 3.8) is 0 Å². The highest BCUT2D eigenvalue weighted by atomic mass is 35.5. The minimum atomic E-state index is 0.453. The van der Waals surface area contributed by atoms with Crippen LogP contribution in [0.5, 0.6) is 0 Å². The van der Waals surface area contributed by atoms with Crippen LogP contribution in [0.25, 0.3) is 0 Å². The summed E-state index contributed by atoms with van der Waals surface area (Å²) in [5.74, 6) is 0.539. The third-order valence-corrected chi connectivity index (χ3v) is 3.68. The van der Waals surface area contributed by atoms with E-state index in [-0.39, 0.29) is 0 Å². The van der Waals surface area contributed by atoms with E-state index < -0.39 is 0 Å². The van der Waals surface area contributed by atoms with Crippen molar-refractivity contribution in [1.29, 1.82) is 5.26 Å². The van der Waals surface area contributed by atoms with Crippen molar-refractivity contribution in [1.82, 2.24) is 0 Å². The number of nitrogens with two attached hydrogens (primary N) is 1. The second kappa shape index (κ2) is 4.95. The van der Waals surface area contributed by atoms with Crippen LogP contribution >= 0.6 is 11.6 Å². The lowest BCUT2D eigenvalue weighted by atomic mass is 10.1. The molecule has 4 heteroatoms. The third kappa shape index (κ3) is 2.38. The molecule has 0 aromatic heterocycles. The quantitative estimate of drug-likeness (QED) is 0.876. The van der Waals surface area contributed by atoms with Gasteiger partial charge in [0, 0.05) is 12.6 Å². The molecule has 3 nitrogen and oxygen atoms in total. The van der Waals surface area contributed by atoms with Gasteiger partial charge in [-0.15, -0.1) is 0 Å². The summed E-state index contributed by atoms with van der Waals surface area (Å²) in [7, 11) is 0. The molecule has 1 fully saturated rings. The van der Waals surface area contributed by atoms with Gasteiger partial charge in [-0.3, -0.25) is 0 Å². The molecular weight excluding hydrogens is 234 g/mol. The first kappa shape index (κ1) is 12.2. The molecule has 1 aliphatic heterocycles. The normalized spacial score (nSPS) is 23.8. The molecule has 0 radical (unpaired) electrons. The second-order valence-corrected chi connectivity index (χ2v) is 5.02. The number of rotatable bonds is 2. The molecule has 1 saturated heterocycles. The van der Waals surface area contributed by atoms with Crippen LogP contribution in [0.3, 0.4) is 0 Å². The summed E-state index contributed by atoms with van der Waals surface area (Å²) < 4.78 is 0. The van der Waals surface area contributed by atoms with Crippen LogP contribution in [-0.4, -0.2) is 19.1 Å². The van der Waals surface area contributed by atoms with Crippen molar-refractivity contribution < 1.29 is 0 Å².